The first-order valence-corrected chi connectivity index (χ1v) is 5.13. The second-order valence-corrected chi connectivity index (χ2v) is 3.95. The molecule has 1 aliphatic carbocycles. The first kappa shape index (κ1) is 10.2. The van der Waals surface area contributed by atoms with Crippen LogP contribution in [0.1, 0.15) is 18.1 Å². The quantitative estimate of drug-likeness (QED) is 0.799. The van der Waals surface area contributed by atoms with Crippen molar-refractivity contribution in [2.24, 2.45) is 5.92 Å². The molecule has 0 aromatic carbocycles. The molecule has 2 atom stereocenters. The second-order valence-electron chi connectivity index (χ2n) is 3.95. The Kier molecular flexibility index (Phi) is 2.77. The molecule has 82 valence electrons. The number of rotatable bonds is 4. The molecule has 1 saturated carbocycles. The van der Waals surface area contributed by atoms with Gasteiger partial charge in [0.25, 0.3) is 0 Å². The average molecular weight is 209 g/mol. The van der Waals surface area contributed by atoms with Crippen LogP contribution < -0.4 is 0 Å². The van der Waals surface area contributed by atoms with Gasteiger partial charge in [0.2, 0.25) is 5.91 Å². The van der Waals surface area contributed by atoms with E-state index in [-0.39, 0.29) is 24.3 Å². The molecule has 1 fully saturated rings. The first-order chi connectivity index (χ1) is 7.24. The highest BCUT2D eigenvalue weighted by atomic mass is 16.3. The molecule has 15 heavy (non-hydrogen) atoms. The summed E-state index contributed by atoms with van der Waals surface area (Å²) < 4.78 is 5.26. The summed E-state index contributed by atoms with van der Waals surface area (Å²) >= 11 is 0. The van der Waals surface area contributed by atoms with Crippen molar-refractivity contribution in [3.8, 4) is 0 Å². The van der Waals surface area contributed by atoms with E-state index in [4.69, 9.17) is 9.52 Å². The zero-order valence-electron chi connectivity index (χ0n) is 8.72. The molecule has 4 nitrogen and oxygen atoms in total. The molecule has 1 aliphatic rings. The highest BCUT2D eigenvalue weighted by Crippen LogP contribution is 2.48. The van der Waals surface area contributed by atoms with E-state index in [1.807, 2.05) is 12.1 Å². The van der Waals surface area contributed by atoms with Crippen molar-refractivity contribution in [2.45, 2.75) is 12.3 Å². The Morgan fingerprint density at radius 1 is 1.73 bits per heavy atom. The van der Waals surface area contributed by atoms with Crippen LogP contribution in [0, 0.1) is 5.92 Å². The number of amides is 1. The molecule has 1 aromatic heterocycles. The number of carbonyl (C=O) groups is 1. The number of hydrogen-bond donors (Lipinski definition) is 1. The standard InChI is InChI=1S/C11H15NO3/c1-12(4-5-13)11(14)9-7-8(9)10-3-2-6-15-10/h2-3,6,8-9,13H,4-5,7H2,1H3. The van der Waals surface area contributed by atoms with E-state index in [2.05, 4.69) is 0 Å². The minimum Gasteiger partial charge on any atom is -0.469 e. The number of likely N-dealkylation sites (N-methyl/N-ethyl adjacent to an activating group) is 1. The van der Waals surface area contributed by atoms with Crippen LogP contribution >= 0.6 is 0 Å². The van der Waals surface area contributed by atoms with Crippen LogP contribution in [0.25, 0.3) is 0 Å². The van der Waals surface area contributed by atoms with Gasteiger partial charge in [0.15, 0.2) is 0 Å². The zero-order chi connectivity index (χ0) is 10.8. The van der Waals surface area contributed by atoms with Crippen LogP contribution in [0.15, 0.2) is 22.8 Å². The van der Waals surface area contributed by atoms with Gasteiger partial charge in [0, 0.05) is 25.4 Å². The fraction of sp³-hybridized carbons (Fsp3) is 0.545. The Hall–Kier alpha value is -1.29. The van der Waals surface area contributed by atoms with Gasteiger partial charge in [-0.15, -0.1) is 0 Å². The van der Waals surface area contributed by atoms with Crippen LogP contribution in [0.5, 0.6) is 0 Å². The number of aliphatic hydroxyl groups excluding tert-OH is 1. The lowest BCUT2D eigenvalue weighted by Gasteiger charge is -2.15. The lowest BCUT2D eigenvalue weighted by Crippen LogP contribution is -2.31. The largest absolute Gasteiger partial charge is 0.469 e. The van der Waals surface area contributed by atoms with Gasteiger partial charge >= 0.3 is 0 Å². The van der Waals surface area contributed by atoms with Crippen LogP contribution in [0.2, 0.25) is 0 Å². The molecule has 1 aromatic rings. The monoisotopic (exact) mass is 209 g/mol. The predicted molar refractivity (Wildman–Crippen MR) is 54.3 cm³/mol. The van der Waals surface area contributed by atoms with Gasteiger partial charge in [-0.25, -0.2) is 0 Å². The maximum Gasteiger partial charge on any atom is 0.226 e. The Morgan fingerprint density at radius 3 is 3.13 bits per heavy atom. The van der Waals surface area contributed by atoms with E-state index in [0.717, 1.165) is 12.2 Å². The Bertz CT molecular complexity index is 334. The van der Waals surface area contributed by atoms with Crippen molar-refractivity contribution in [3.05, 3.63) is 24.2 Å². The molecule has 0 aliphatic heterocycles. The summed E-state index contributed by atoms with van der Waals surface area (Å²) in [6.07, 6.45) is 2.49. The minimum absolute atomic E-state index is 0.0143. The van der Waals surface area contributed by atoms with Crippen LogP contribution in [-0.4, -0.2) is 36.1 Å². The Labute approximate surface area is 88.5 Å². The maximum absolute atomic E-state index is 11.8. The SMILES string of the molecule is CN(CCO)C(=O)C1CC1c1ccco1. The second kappa shape index (κ2) is 4.06. The Balaban J connectivity index is 1.91. The van der Waals surface area contributed by atoms with E-state index >= 15 is 0 Å². The van der Waals surface area contributed by atoms with E-state index in [1.165, 1.54) is 0 Å². The summed E-state index contributed by atoms with van der Waals surface area (Å²) in [5.41, 5.74) is 0. The van der Waals surface area contributed by atoms with E-state index in [1.54, 1.807) is 18.2 Å². The van der Waals surface area contributed by atoms with Gasteiger partial charge in [-0.3, -0.25) is 4.79 Å². The maximum atomic E-state index is 11.8. The van der Waals surface area contributed by atoms with Crippen molar-refractivity contribution in [3.63, 3.8) is 0 Å². The number of carbonyl (C=O) groups excluding carboxylic acids is 1. The molecule has 1 amide bonds. The van der Waals surface area contributed by atoms with Crippen LogP contribution in [0.3, 0.4) is 0 Å². The molecule has 0 spiro atoms. The molecule has 0 radical (unpaired) electrons. The lowest BCUT2D eigenvalue weighted by atomic mass is 10.2. The third kappa shape index (κ3) is 2.04. The number of aliphatic hydroxyl groups is 1. The van der Waals surface area contributed by atoms with Gasteiger partial charge in [-0.1, -0.05) is 0 Å². The predicted octanol–water partition coefficient (Wildman–Crippen LogP) is 0.834. The third-order valence-corrected chi connectivity index (χ3v) is 2.83. The van der Waals surface area contributed by atoms with Crippen molar-refractivity contribution in [2.75, 3.05) is 20.2 Å². The van der Waals surface area contributed by atoms with Gasteiger partial charge in [-0.05, 0) is 18.6 Å². The summed E-state index contributed by atoms with van der Waals surface area (Å²) in [5, 5.41) is 8.73. The van der Waals surface area contributed by atoms with Gasteiger partial charge < -0.3 is 14.4 Å². The molecule has 2 rings (SSSR count). The van der Waals surface area contributed by atoms with Crippen LogP contribution in [-0.2, 0) is 4.79 Å². The zero-order valence-corrected chi connectivity index (χ0v) is 8.72. The van der Waals surface area contributed by atoms with Crippen molar-refractivity contribution in [1.82, 2.24) is 4.90 Å². The molecule has 4 heteroatoms. The highest BCUT2D eigenvalue weighted by Gasteiger charge is 2.46. The molecular formula is C11H15NO3. The van der Waals surface area contributed by atoms with E-state index < -0.39 is 0 Å². The van der Waals surface area contributed by atoms with Gasteiger partial charge in [0.1, 0.15) is 5.76 Å². The molecule has 1 N–H and O–H groups in total. The van der Waals surface area contributed by atoms with Crippen LogP contribution in [0.4, 0.5) is 0 Å². The van der Waals surface area contributed by atoms with Crippen molar-refractivity contribution in [1.29, 1.82) is 0 Å². The average Bonchev–Trinajstić information content (AvgIpc) is 2.84. The molecule has 0 bridgehead atoms. The Morgan fingerprint density at radius 2 is 2.53 bits per heavy atom. The number of furan rings is 1. The lowest BCUT2D eigenvalue weighted by molar-refractivity contribution is -0.131. The fourth-order valence-electron chi connectivity index (χ4n) is 1.83. The highest BCUT2D eigenvalue weighted by molar-refractivity contribution is 5.82. The van der Waals surface area contributed by atoms with E-state index in [9.17, 15) is 4.79 Å². The van der Waals surface area contributed by atoms with Crippen molar-refractivity contribution < 1.29 is 14.3 Å². The number of hydrogen-bond acceptors (Lipinski definition) is 3. The normalized spacial score (nSPS) is 23.9. The summed E-state index contributed by atoms with van der Waals surface area (Å²) in [6, 6.07) is 3.75. The molecule has 2 unspecified atom stereocenters. The fourth-order valence-corrected chi connectivity index (χ4v) is 1.83. The van der Waals surface area contributed by atoms with E-state index in [0.29, 0.717) is 6.54 Å². The summed E-state index contributed by atoms with van der Waals surface area (Å²) in [6.45, 7) is 0.417. The molecule has 0 saturated heterocycles. The summed E-state index contributed by atoms with van der Waals surface area (Å²) in [7, 11) is 1.72. The topological polar surface area (TPSA) is 53.7 Å². The third-order valence-electron chi connectivity index (χ3n) is 2.83. The van der Waals surface area contributed by atoms with Crippen molar-refractivity contribution >= 4 is 5.91 Å². The summed E-state index contributed by atoms with van der Waals surface area (Å²) in [5.74, 6) is 1.29. The summed E-state index contributed by atoms with van der Waals surface area (Å²) in [4.78, 5) is 13.4. The smallest absolute Gasteiger partial charge is 0.226 e. The van der Waals surface area contributed by atoms with Gasteiger partial charge in [-0.2, -0.15) is 0 Å². The molecular weight excluding hydrogens is 194 g/mol. The minimum atomic E-state index is 0.0143. The number of nitrogens with zero attached hydrogens (tertiary/aromatic N) is 1. The molecule has 1 heterocycles. The van der Waals surface area contributed by atoms with Gasteiger partial charge in [0.05, 0.1) is 12.9 Å². The first-order valence-electron chi connectivity index (χ1n) is 5.13.